The lowest BCUT2D eigenvalue weighted by Gasteiger charge is -2.32. The van der Waals surface area contributed by atoms with Gasteiger partial charge in [0.25, 0.3) is 0 Å². The van der Waals surface area contributed by atoms with Crippen molar-refractivity contribution in [2.75, 3.05) is 46.2 Å². The normalized spacial score (nSPS) is 16.4. The SMILES string of the molecule is COc1cc2ncnc(Nc3ccc(F)c(Cl)c3)c2cc1[N+](C)(C)C(C=CCN1CCCCC1)=C1CC1. The molecule has 1 saturated heterocycles. The molecule has 1 aromatic heterocycles. The van der Waals surface area contributed by atoms with Crippen LogP contribution >= 0.6 is 11.6 Å². The molecule has 1 aliphatic carbocycles. The van der Waals surface area contributed by atoms with E-state index in [9.17, 15) is 4.39 Å². The lowest BCUT2D eigenvalue weighted by molar-refractivity contribution is 0.251. The van der Waals surface area contributed by atoms with Gasteiger partial charge in [-0.25, -0.2) is 14.4 Å². The lowest BCUT2D eigenvalue weighted by Crippen LogP contribution is -2.39. The zero-order valence-corrected chi connectivity index (χ0v) is 22.5. The van der Waals surface area contributed by atoms with Gasteiger partial charge in [0, 0.05) is 29.8 Å². The minimum Gasteiger partial charge on any atom is -0.491 e. The highest BCUT2D eigenvalue weighted by atomic mass is 35.5. The van der Waals surface area contributed by atoms with Crippen molar-refractivity contribution in [1.29, 1.82) is 0 Å². The first-order valence-corrected chi connectivity index (χ1v) is 13.3. The molecule has 2 aromatic carbocycles. The number of anilines is 2. The Morgan fingerprint density at radius 2 is 1.92 bits per heavy atom. The summed E-state index contributed by atoms with van der Waals surface area (Å²) in [5.74, 6) is 0.938. The summed E-state index contributed by atoms with van der Waals surface area (Å²) in [6.45, 7) is 3.35. The second kappa shape index (κ2) is 10.8. The van der Waals surface area contributed by atoms with E-state index in [1.807, 2.05) is 6.07 Å². The third-order valence-corrected chi connectivity index (χ3v) is 7.56. The highest BCUT2D eigenvalue weighted by Gasteiger charge is 2.34. The van der Waals surface area contributed by atoms with Gasteiger partial charge in [-0.1, -0.05) is 24.1 Å². The van der Waals surface area contributed by atoms with Crippen LogP contribution in [0.5, 0.6) is 5.75 Å². The molecular weight excluding hydrogens is 489 g/mol. The number of likely N-dealkylation sites (tertiary alicyclic amines) is 1. The molecule has 6 nitrogen and oxygen atoms in total. The summed E-state index contributed by atoms with van der Waals surface area (Å²) < 4.78 is 20.1. The molecule has 37 heavy (non-hydrogen) atoms. The lowest BCUT2D eigenvalue weighted by atomic mass is 10.1. The van der Waals surface area contributed by atoms with Crippen LogP contribution < -0.4 is 14.5 Å². The van der Waals surface area contributed by atoms with Crippen LogP contribution in [0.15, 0.2) is 60.1 Å². The number of methoxy groups -OCH3 is 1. The van der Waals surface area contributed by atoms with Crippen molar-refractivity contribution in [1.82, 2.24) is 19.4 Å². The van der Waals surface area contributed by atoms with Crippen molar-refractivity contribution in [3.63, 3.8) is 0 Å². The number of benzene rings is 2. The van der Waals surface area contributed by atoms with Crippen molar-refractivity contribution in [3.05, 3.63) is 70.9 Å². The van der Waals surface area contributed by atoms with Crippen molar-refractivity contribution in [2.24, 2.45) is 0 Å². The number of allylic oxidation sites excluding steroid dienone is 2. The molecule has 0 amide bonds. The van der Waals surface area contributed by atoms with Gasteiger partial charge in [-0.3, -0.25) is 9.38 Å². The minimum absolute atomic E-state index is 0.0561. The van der Waals surface area contributed by atoms with Gasteiger partial charge in [0.1, 0.15) is 23.7 Å². The molecule has 3 aromatic rings. The number of likely N-dealkylation sites (N-methyl/N-ethyl adjacent to an activating group) is 1. The molecule has 8 heteroatoms. The topological polar surface area (TPSA) is 50.3 Å². The molecule has 2 aliphatic rings. The van der Waals surface area contributed by atoms with E-state index >= 15 is 0 Å². The Hall–Kier alpha value is -3.00. The van der Waals surface area contributed by atoms with E-state index in [-0.39, 0.29) is 5.02 Å². The molecule has 2 heterocycles. The number of aromatic nitrogens is 2. The largest absolute Gasteiger partial charge is 0.491 e. The number of piperidine rings is 1. The standard InChI is InChI=1S/C29H34ClFN5O/c1-36(2,26(20-9-10-20)8-7-15-35-13-5-4-6-14-35)27-17-22-25(18-28(27)37-3)32-19-33-29(22)34-21-11-12-24(31)23(30)16-21/h7-8,11-12,16-19H,4-6,9-10,13-15H2,1-3H3,(H,32,33,34)/q+1. The fourth-order valence-electron chi connectivity index (χ4n) is 5.09. The molecule has 0 bridgehead atoms. The first kappa shape index (κ1) is 25.6. The summed E-state index contributed by atoms with van der Waals surface area (Å²) in [5, 5.41) is 4.19. The highest BCUT2D eigenvalue weighted by molar-refractivity contribution is 6.31. The average molecular weight is 523 g/mol. The molecule has 1 saturated carbocycles. The van der Waals surface area contributed by atoms with Gasteiger partial charge in [-0.15, -0.1) is 0 Å². The molecule has 5 rings (SSSR count). The summed E-state index contributed by atoms with van der Waals surface area (Å²) in [7, 11) is 6.10. The van der Waals surface area contributed by atoms with Gasteiger partial charge < -0.3 is 10.1 Å². The molecular formula is C29H34ClFN5O+. The summed E-state index contributed by atoms with van der Waals surface area (Å²) in [6.07, 6.45) is 12.3. The number of hydrogen-bond acceptors (Lipinski definition) is 5. The van der Waals surface area contributed by atoms with E-state index in [1.165, 1.54) is 56.0 Å². The van der Waals surface area contributed by atoms with Crippen LogP contribution in [-0.2, 0) is 0 Å². The molecule has 0 radical (unpaired) electrons. The first-order chi connectivity index (χ1) is 17.9. The van der Waals surface area contributed by atoms with Gasteiger partial charge in [0.15, 0.2) is 11.4 Å². The Morgan fingerprint density at radius 1 is 1.14 bits per heavy atom. The van der Waals surface area contributed by atoms with Crippen molar-refractivity contribution in [2.45, 2.75) is 32.1 Å². The molecule has 2 fully saturated rings. The maximum Gasteiger partial charge on any atom is 0.182 e. The molecule has 1 aliphatic heterocycles. The fraction of sp³-hybridized carbons (Fsp3) is 0.379. The number of nitrogens with one attached hydrogen (secondary N) is 1. The van der Waals surface area contributed by atoms with E-state index in [4.69, 9.17) is 16.3 Å². The van der Waals surface area contributed by atoms with Crippen LogP contribution in [-0.4, -0.2) is 55.7 Å². The van der Waals surface area contributed by atoms with E-state index in [0.29, 0.717) is 16.0 Å². The zero-order chi connectivity index (χ0) is 26.0. The van der Waals surface area contributed by atoms with Crippen LogP contribution in [0.25, 0.3) is 10.9 Å². The predicted octanol–water partition coefficient (Wildman–Crippen LogP) is 6.83. The van der Waals surface area contributed by atoms with Crippen LogP contribution in [0.2, 0.25) is 5.02 Å². The third-order valence-electron chi connectivity index (χ3n) is 7.27. The number of ether oxygens (including phenoxy) is 1. The summed E-state index contributed by atoms with van der Waals surface area (Å²) in [6, 6.07) is 8.60. The average Bonchev–Trinajstić information content (AvgIpc) is 3.74. The number of fused-ring (bicyclic) bond motifs is 1. The number of nitrogens with zero attached hydrogens (tertiary/aromatic N) is 4. The Labute approximate surface area is 223 Å². The maximum absolute atomic E-state index is 13.7. The Balaban J connectivity index is 1.51. The van der Waals surface area contributed by atoms with Gasteiger partial charge in [-0.2, -0.15) is 0 Å². The molecule has 194 valence electrons. The van der Waals surface area contributed by atoms with E-state index in [1.54, 1.807) is 19.2 Å². The Morgan fingerprint density at radius 3 is 2.62 bits per heavy atom. The first-order valence-electron chi connectivity index (χ1n) is 12.9. The number of halogens is 2. The second-order valence-electron chi connectivity index (χ2n) is 10.2. The Kier molecular flexibility index (Phi) is 7.47. The summed E-state index contributed by atoms with van der Waals surface area (Å²) >= 11 is 6.00. The monoisotopic (exact) mass is 522 g/mol. The van der Waals surface area contributed by atoms with Crippen LogP contribution in [0.1, 0.15) is 32.1 Å². The van der Waals surface area contributed by atoms with Gasteiger partial charge in [0.05, 0.1) is 31.7 Å². The van der Waals surface area contributed by atoms with Gasteiger partial charge >= 0.3 is 0 Å². The zero-order valence-electron chi connectivity index (χ0n) is 21.7. The van der Waals surface area contributed by atoms with Gasteiger partial charge in [0.2, 0.25) is 0 Å². The summed E-state index contributed by atoms with van der Waals surface area (Å²) in [5.41, 5.74) is 5.20. The quantitative estimate of drug-likeness (QED) is 0.328. The van der Waals surface area contributed by atoms with Crippen molar-refractivity contribution >= 4 is 39.7 Å². The number of quaternary nitrogens is 1. The van der Waals surface area contributed by atoms with Gasteiger partial charge in [-0.05, 0) is 68.6 Å². The van der Waals surface area contributed by atoms with Crippen LogP contribution in [0.3, 0.4) is 0 Å². The predicted molar refractivity (Wildman–Crippen MR) is 150 cm³/mol. The smallest absolute Gasteiger partial charge is 0.182 e. The highest BCUT2D eigenvalue weighted by Crippen LogP contribution is 2.43. The Bertz CT molecular complexity index is 1360. The van der Waals surface area contributed by atoms with Crippen molar-refractivity contribution in [3.8, 4) is 5.75 Å². The van der Waals surface area contributed by atoms with E-state index in [2.05, 4.69) is 52.5 Å². The van der Waals surface area contributed by atoms with Crippen LogP contribution in [0.4, 0.5) is 21.6 Å². The van der Waals surface area contributed by atoms with Crippen LogP contribution in [0, 0.1) is 5.82 Å². The fourth-order valence-corrected chi connectivity index (χ4v) is 5.27. The molecule has 0 atom stereocenters. The molecule has 0 spiro atoms. The molecule has 0 unspecified atom stereocenters. The number of rotatable bonds is 8. The minimum atomic E-state index is -0.459. The second-order valence-corrected chi connectivity index (χ2v) is 10.6. The molecule has 1 N–H and O–H groups in total. The third kappa shape index (κ3) is 5.64. The van der Waals surface area contributed by atoms with E-state index in [0.717, 1.165) is 41.7 Å². The maximum atomic E-state index is 13.7. The van der Waals surface area contributed by atoms with E-state index < -0.39 is 5.82 Å². The number of hydrogen-bond donors (Lipinski definition) is 1. The summed E-state index contributed by atoms with van der Waals surface area (Å²) in [4.78, 5) is 11.5. The van der Waals surface area contributed by atoms with Crippen molar-refractivity contribution < 1.29 is 9.13 Å².